The van der Waals surface area contributed by atoms with Crippen LogP contribution in [0.25, 0.3) is 0 Å². The number of hydrogen-bond donors (Lipinski definition) is 2. The third-order valence-corrected chi connectivity index (χ3v) is 4.46. The van der Waals surface area contributed by atoms with Gasteiger partial charge in [-0.2, -0.15) is 0 Å². The lowest BCUT2D eigenvalue weighted by atomic mass is 10.0. The molecule has 0 radical (unpaired) electrons. The highest BCUT2D eigenvalue weighted by atomic mass is 35.5. The van der Waals surface area contributed by atoms with E-state index in [9.17, 15) is 9.59 Å². The third-order valence-electron chi connectivity index (χ3n) is 4.46. The molecule has 2 N–H and O–H groups in total. The minimum atomic E-state index is -0.630. The van der Waals surface area contributed by atoms with E-state index >= 15 is 0 Å². The molecule has 7 nitrogen and oxygen atoms in total. The Morgan fingerprint density at radius 3 is 2.79 bits per heavy atom. The molecule has 150 valence electrons. The average Bonchev–Trinajstić information content (AvgIpc) is 2.73. The summed E-state index contributed by atoms with van der Waals surface area (Å²) in [7, 11) is 0. The molecular weight excluding hydrogens is 380 g/mol. The highest BCUT2D eigenvalue weighted by molar-refractivity contribution is 5.88. The Labute approximate surface area is 170 Å². The Hall–Kier alpha value is -2.64. The second-order valence-corrected chi connectivity index (χ2v) is 6.43. The van der Waals surface area contributed by atoms with Gasteiger partial charge in [0.25, 0.3) is 5.91 Å². The molecule has 1 aromatic carbocycles. The molecule has 1 aliphatic rings. The monoisotopic (exact) mass is 404 g/mol. The first kappa shape index (κ1) is 21.7. The van der Waals surface area contributed by atoms with Gasteiger partial charge in [0, 0.05) is 32.0 Å². The first-order chi connectivity index (χ1) is 13.1. The number of para-hydroxylation sites is 1. The number of amides is 2. The molecular formula is C20H25ClN4O3. The van der Waals surface area contributed by atoms with Crippen LogP contribution in [0.4, 0.5) is 0 Å². The molecule has 1 saturated heterocycles. The number of piperazine rings is 1. The number of ether oxygens (including phenoxy) is 1. The molecule has 1 fully saturated rings. The van der Waals surface area contributed by atoms with Gasteiger partial charge in [-0.15, -0.1) is 12.4 Å². The minimum Gasteiger partial charge on any atom is -0.484 e. The van der Waals surface area contributed by atoms with Gasteiger partial charge < -0.3 is 20.3 Å². The maximum Gasteiger partial charge on any atom is 0.258 e. The molecule has 8 heteroatoms. The van der Waals surface area contributed by atoms with Crippen LogP contribution >= 0.6 is 12.4 Å². The molecule has 3 rings (SSSR count). The lowest BCUT2D eigenvalue weighted by molar-refractivity contribution is -0.139. The number of aromatic nitrogens is 1. The van der Waals surface area contributed by atoms with Crippen molar-refractivity contribution in [1.82, 2.24) is 20.5 Å². The van der Waals surface area contributed by atoms with Gasteiger partial charge in [0.15, 0.2) is 6.61 Å². The fourth-order valence-corrected chi connectivity index (χ4v) is 3.10. The van der Waals surface area contributed by atoms with E-state index in [0.29, 0.717) is 18.8 Å². The number of benzene rings is 1. The Morgan fingerprint density at radius 1 is 1.29 bits per heavy atom. The van der Waals surface area contributed by atoms with E-state index in [1.165, 1.54) is 0 Å². The summed E-state index contributed by atoms with van der Waals surface area (Å²) in [5, 5.41) is 6.04. The minimum absolute atomic E-state index is 0. The summed E-state index contributed by atoms with van der Waals surface area (Å²) in [4.78, 5) is 31.0. The van der Waals surface area contributed by atoms with E-state index < -0.39 is 6.04 Å². The van der Waals surface area contributed by atoms with E-state index in [0.717, 1.165) is 12.1 Å². The Morgan fingerprint density at radius 2 is 2.07 bits per heavy atom. The number of pyridine rings is 1. The molecule has 28 heavy (non-hydrogen) atoms. The van der Waals surface area contributed by atoms with Crippen LogP contribution in [0.3, 0.4) is 0 Å². The first-order valence-corrected chi connectivity index (χ1v) is 9.03. The van der Waals surface area contributed by atoms with Crippen LogP contribution < -0.4 is 15.4 Å². The van der Waals surface area contributed by atoms with Gasteiger partial charge in [-0.3, -0.25) is 14.6 Å². The van der Waals surface area contributed by atoms with Crippen LogP contribution in [0.1, 0.15) is 18.5 Å². The number of nitrogens with one attached hydrogen (secondary N) is 2. The van der Waals surface area contributed by atoms with Crippen molar-refractivity contribution in [3.05, 3.63) is 60.4 Å². The van der Waals surface area contributed by atoms with Gasteiger partial charge >= 0.3 is 0 Å². The summed E-state index contributed by atoms with van der Waals surface area (Å²) >= 11 is 0. The molecule has 2 heterocycles. The summed E-state index contributed by atoms with van der Waals surface area (Å²) in [5.74, 6) is 0.177. The standard InChI is InChI=1S/C20H24N4O3.ClH/c1-15(23-19(25)14-27-17-7-3-2-4-8-17)20(26)24-11-10-22-13-18(24)16-6-5-9-21-12-16;/h2-9,12,15,18,22H,10-11,13-14H2,1H3,(H,23,25);1H. The number of nitrogens with zero attached hydrogens (tertiary/aromatic N) is 2. The second kappa shape index (κ2) is 10.6. The van der Waals surface area contributed by atoms with Gasteiger partial charge in [0.1, 0.15) is 11.8 Å². The smallest absolute Gasteiger partial charge is 0.258 e. The van der Waals surface area contributed by atoms with Crippen LogP contribution in [0.2, 0.25) is 0 Å². The Bertz CT molecular complexity index is 761. The quantitative estimate of drug-likeness (QED) is 0.763. The van der Waals surface area contributed by atoms with E-state index in [4.69, 9.17) is 4.74 Å². The van der Waals surface area contributed by atoms with Crippen molar-refractivity contribution < 1.29 is 14.3 Å². The number of carbonyl (C=O) groups excluding carboxylic acids is 2. The molecule has 2 amide bonds. The average molecular weight is 405 g/mol. The summed E-state index contributed by atoms with van der Waals surface area (Å²) in [6, 6.07) is 12.2. The largest absolute Gasteiger partial charge is 0.484 e. The van der Waals surface area contributed by atoms with Crippen LogP contribution in [-0.2, 0) is 9.59 Å². The number of hydrogen-bond acceptors (Lipinski definition) is 5. The van der Waals surface area contributed by atoms with E-state index in [-0.39, 0.29) is 36.9 Å². The topological polar surface area (TPSA) is 83.6 Å². The van der Waals surface area contributed by atoms with Crippen molar-refractivity contribution in [2.45, 2.75) is 19.0 Å². The summed E-state index contributed by atoms with van der Waals surface area (Å²) in [6.07, 6.45) is 3.48. The predicted molar refractivity (Wildman–Crippen MR) is 108 cm³/mol. The van der Waals surface area contributed by atoms with Crippen LogP contribution in [-0.4, -0.2) is 54.0 Å². The molecule has 0 spiro atoms. The van der Waals surface area contributed by atoms with Crippen LogP contribution in [0.5, 0.6) is 5.75 Å². The fourth-order valence-electron chi connectivity index (χ4n) is 3.10. The molecule has 2 atom stereocenters. The molecule has 0 aliphatic carbocycles. The van der Waals surface area contributed by atoms with Crippen molar-refractivity contribution in [3.8, 4) is 5.75 Å². The predicted octanol–water partition coefficient (Wildman–Crippen LogP) is 1.56. The maximum absolute atomic E-state index is 12.9. The lowest BCUT2D eigenvalue weighted by Gasteiger charge is -2.37. The van der Waals surface area contributed by atoms with Gasteiger partial charge in [0.05, 0.1) is 6.04 Å². The Balaban J connectivity index is 0.00000280. The first-order valence-electron chi connectivity index (χ1n) is 9.03. The molecule has 2 aromatic rings. The molecule has 1 aliphatic heterocycles. The summed E-state index contributed by atoms with van der Waals surface area (Å²) < 4.78 is 5.43. The van der Waals surface area contributed by atoms with Crippen molar-refractivity contribution in [2.24, 2.45) is 0 Å². The third kappa shape index (κ3) is 5.68. The van der Waals surface area contributed by atoms with Crippen molar-refractivity contribution >= 4 is 24.2 Å². The zero-order chi connectivity index (χ0) is 19.1. The second-order valence-electron chi connectivity index (χ2n) is 6.43. The summed E-state index contributed by atoms with van der Waals surface area (Å²) in [6.45, 7) is 3.54. The van der Waals surface area contributed by atoms with Gasteiger partial charge in [-0.25, -0.2) is 0 Å². The van der Waals surface area contributed by atoms with Gasteiger partial charge in [0.2, 0.25) is 5.91 Å². The summed E-state index contributed by atoms with van der Waals surface area (Å²) in [5.41, 5.74) is 0.976. The highest BCUT2D eigenvalue weighted by Crippen LogP contribution is 2.22. The normalized spacial score (nSPS) is 17.2. The van der Waals surface area contributed by atoms with Crippen molar-refractivity contribution in [1.29, 1.82) is 0 Å². The van der Waals surface area contributed by atoms with Crippen molar-refractivity contribution in [3.63, 3.8) is 0 Å². The zero-order valence-corrected chi connectivity index (χ0v) is 16.5. The van der Waals surface area contributed by atoms with E-state index in [2.05, 4.69) is 15.6 Å². The van der Waals surface area contributed by atoms with E-state index in [1.807, 2.05) is 30.3 Å². The van der Waals surface area contributed by atoms with Gasteiger partial charge in [-0.05, 0) is 30.7 Å². The Kier molecular flexibility index (Phi) is 8.22. The molecule has 2 unspecified atom stereocenters. The number of carbonyl (C=O) groups is 2. The lowest BCUT2D eigenvalue weighted by Crippen LogP contribution is -2.54. The molecule has 0 saturated carbocycles. The van der Waals surface area contributed by atoms with Crippen LogP contribution in [0, 0.1) is 0 Å². The number of halogens is 1. The van der Waals surface area contributed by atoms with Crippen LogP contribution in [0.15, 0.2) is 54.9 Å². The molecule has 1 aromatic heterocycles. The SMILES string of the molecule is CC(NC(=O)COc1ccccc1)C(=O)N1CCNCC1c1cccnc1.Cl. The fraction of sp³-hybridized carbons (Fsp3) is 0.350. The maximum atomic E-state index is 12.9. The highest BCUT2D eigenvalue weighted by Gasteiger charge is 2.31. The van der Waals surface area contributed by atoms with Gasteiger partial charge in [-0.1, -0.05) is 24.3 Å². The van der Waals surface area contributed by atoms with Crippen molar-refractivity contribution in [2.75, 3.05) is 26.2 Å². The van der Waals surface area contributed by atoms with E-state index in [1.54, 1.807) is 36.4 Å². The molecule has 0 bridgehead atoms. The number of rotatable bonds is 6. The zero-order valence-electron chi connectivity index (χ0n) is 15.7.